The fraction of sp³-hybridized carbons (Fsp3) is 0.143. The summed E-state index contributed by atoms with van der Waals surface area (Å²) < 4.78 is 0.704. The van der Waals surface area contributed by atoms with E-state index >= 15 is 0 Å². The molecule has 0 saturated heterocycles. The van der Waals surface area contributed by atoms with Crippen molar-refractivity contribution in [2.24, 2.45) is 0 Å². The molecule has 0 saturated carbocycles. The average Bonchev–Trinajstić information content (AvgIpc) is 2.43. The number of aromatic hydroxyl groups is 1. The Hall–Kier alpha value is -2.08. The van der Waals surface area contributed by atoms with Crippen LogP contribution in [0.4, 0.5) is 5.82 Å². The number of aromatic nitrogens is 1. The number of anilines is 1. The number of carbonyl (C=O) groups is 1. The number of hydrogen-bond acceptors (Lipinski definition) is 4. The average molecular weight is 336 g/mol. The number of nitrogen functional groups attached to an aromatic ring is 1. The van der Waals surface area contributed by atoms with Crippen LogP contribution in [0.1, 0.15) is 15.9 Å². The molecule has 0 atom stereocenters. The summed E-state index contributed by atoms with van der Waals surface area (Å²) in [6, 6.07) is 8.51. The third kappa shape index (κ3) is 3.71. The number of amides is 1. The predicted molar refractivity (Wildman–Crippen MR) is 80.5 cm³/mol. The topological polar surface area (TPSA) is 88.2 Å². The second kappa shape index (κ2) is 6.38. The molecule has 20 heavy (non-hydrogen) atoms. The number of nitrogens with one attached hydrogen (secondary N) is 1. The van der Waals surface area contributed by atoms with E-state index in [0.717, 1.165) is 5.56 Å². The van der Waals surface area contributed by atoms with Crippen LogP contribution in [0.25, 0.3) is 0 Å². The van der Waals surface area contributed by atoms with E-state index in [1.165, 1.54) is 0 Å². The van der Waals surface area contributed by atoms with Gasteiger partial charge in [-0.15, -0.1) is 0 Å². The number of rotatable bonds is 4. The van der Waals surface area contributed by atoms with Crippen LogP contribution >= 0.6 is 15.9 Å². The van der Waals surface area contributed by atoms with E-state index < -0.39 is 0 Å². The van der Waals surface area contributed by atoms with Crippen molar-refractivity contribution < 1.29 is 9.90 Å². The van der Waals surface area contributed by atoms with Crippen LogP contribution < -0.4 is 11.1 Å². The van der Waals surface area contributed by atoms with E-state index in [0.29, 0.717) is 23.0 Å². The summed E-state index contributed by atoms with van der Waals surface area (Å²) >= 11 is 3.25. The number of phenolic OH excluding ortho intramolecular Hbond substituents is 1. The van der Waals surface area contributed by atoms with Gasteiger partial charge in [-0.1, -0.05) is 12.1 Å². The van der Waals surface area contributed by atoms with E-state index in [4.69, 9.17) is 5.73 Å². The molecule has 1 heterocycles. The van der Waals surface area contributed by atoms with Crippen LogP contribution in [-0.2, 0) is 6.42 Å². The number of nitrogens with two attached hydrogens (primary N) is 1. The van der Waals surface area contributed by atoms with Crippen LogP contribution in [0.2, 0.25) is 0 Å². The monoisotopic (exact) mass is 335 g/mol. The second-order valence-corrected chi connectivity index (χ2v) is 5.17. The molecule has 0 bridgehead atoms. The highest BCUT2D eigenvalue weighted by Crippen LogP contribution is 2.15. The van der Waals surface area contributed by atoms with E-state index in [1.807, 2.05) is 12.1 Å². The van der Waals surface area contributed by atoms with Crippen molar-refractivity contribution in [3.8, 4) is 5.75 Å². The predicted octanol–water partition coefficient (Wildman–Crippen LogP) is 2.10. The lowest BCUT2D eigenvalue weighted by Crippen LogP contribution is -2.26. The highest BCUT2D eigenvalue weighted by atomic mass is 79.9. The normalized spacial score (nSPS) is 10.2. The van der Waals surface area contributed by atoms with E-state index in [2.05, 4.69) is 26.2 Å². The van der Waals surface area contributed by atoms with Gasteiger partial charge in [0.15, 0.2) is 0 Å². The first-order valence-electron chi connectivity index (χ1n) is 6.03. The fourth-order valence-corrected chi connectivity index (χ4v) is 2.04. The van der Waals surface area contributed by atoms with Gasteiger partial charge in [0, 0.05) is 17.2 Å². The zero-order valence-electron chi connectivity index (χ0n) is 10.6. The molecular weight excluding hydrogens is 322 g/mol. The van der Waals surface area contributed by atoms with Crippen molar-refractivity contribution in [1.82, 2.24) is 10.3 Å². The van der Waals surface area contributed by atoms with Crippen LogP contribution in [0, 0.1) is 0 Å². The van der Waals surface area contributed by atoms with Crippen molar-refractivity contribution >= 4 is 27.7 Å². The number of benzene rings is 1. The highest BCUT2D eigenvalue weighted by Gasteiger charge is 2.10. The van der Waals surface area contributed by atoms with Gasteiger partial charge in [0.2, 0.25) is 0 Å². The number of phenols is 1. The Morgan fingerprint density at radius 1 is 1.35 bits per heavy atom. The fourth-order valence-electron chi connectivity index (χ4n) is 1.71. The first kappa shape index (κ1) is 14.3. The molecule has 1 aromatic heterocycles. The molecule has 6 heteroatoms. The Labute approximate surface area is 125 Å². The number of carbonyl (C=O) groups excluding carboxylic acids is 1. The molecule has 0 radical (unpaired) electrons. The first-order chi connectivity index (χ1) is 9.56. The maximum Gasteiger partial charge on any atom is 0.255 e. The minimum atomic E-state index is -0.255. The number of pyridine rings is 1. The Kier molecular flexibility index (Phi) is 4.57. The van der Waals surface area contributed by atoms with Gasteiger partial charge in [0.05, 0.1) is 5.56 Å². The smallest absolute Gasteiger partial charge is 0.255 e. The zero-order valence-corrected chi connectivity index (χ0v) is 12.2. The lowest BCUT2D eigenvalue weighted by Gasteiger charge is -2.07. The molecule has 0 aliphatic heterocycles. The SMILES string of the molecule is Nc1ncc(Br)cc1C(=O)NCCc1ccc(O)cc1. The van der Waals surface area contributed by atoms with E-state index in [1.54, 1.807) is 24.4 Å². The third-order valence-electron chi connectivity index (χ3n) is 2.77. The molecule has 4 N–H and O–H groups in total. The van der Waals surface area contributed by atoms with Gasteiger partial charge in [-0.25, -0.2) is 4.98 Å². The summed E-state index contributed by atoms with van der Waals surface area (Å²) in [6.07, 6.45) is 2.22. The van der Waals surface area contributed by atoms with Gasteiger partial charge in [-0.05, 0) is 46.1 Å². The summed E-state index contributed by atoms with van der Waals surface area (Å²) in [4.78, 5) is 15.9. The Bertz CT molecular complexity index is 614. The zero-order chi connectivity index (χ0) is 14.5. The van der Waals surface area contributed by atoms with Gasteiger partial charge < -0.3 is 16.2 Å². The van der Waals surface area contributed by atoms with Crippen molar-refractivity contribution in [3.63, 3.8) is 0 Å². The maximum atomic E-state index is 12.0. The maximum absolute atomic E-state index is 12.0. The van der Waals surface area contributed by atoms with Gasteiger partial charge in [-0.3, -0.25) is 4.79 Å². The van der Waals surface area contributed by atoms with E-state index in [9.17, 15) is 9.90 Å². The van der Waals surface area contributed by atoms with Crippen LogP contribution in [0.5, 0.6) is 5.75 Å². The largest absolute Gasteiger partial charge is 0.508 e. The van der Waals surface area contributed by atoms with Crippen LogP contribution in [0.3, 0.4) is 0 Å². The second-order valence-electron chi connectivity index (χ2n) is 4.26. The molecule has 104 valence electrons. The summed E-state index contributed by atoms with van der Waals surface area (Å²) in [5.74, 6) is 0.177. The first-order valence-corrected chi connectivity index (χ1v) is 6.82. The van der Waals surface area contributed by atoms with E-state index in [-0.39, 0.29) is 17.5 Å². The number of nitrogens with zero attached hydrogens (tertiary/aromatic N) is 1. The summed E-state index contributed by atoms with van der Waals surface area (Å²) in [5, 5.41) is 12.0. The van der Waals surface area contributed by atoms with Crippen molar-refractivity contribution in [2.45, 2.75) is 6.42 Å². The Morgan fingerprint density at radius 2 is 2.05 bits per heavy atom. The van der Waals surface area contributed by atoms with Gasteiger partial charge in [-0.2, -0.15) is 0 Å². The lowest BCUT2D eigenvalue weighted by molar-refractivity contribution is 0.0954. The minimum absolute atomic E-state index is 0.204. The van der Waals surface area contributed by atoms with Crippen LogP contribution in [0.15, 0.2) is 41.0 Å². The molecule has 0 fully saturated rings. The molecule has 0 aliphatic rings. The number of hydrogen-bond donors (Lipinski definition) is 3. The summed E-state index contributed by atoms with van der Waals surface area (Å²) in [7, 11) is 0. The Balaban J connectivity index is 1.92. The lowest BCUT2D eigenvalue weighted by atomic mass is 10.1. The quantitative estimate of drug-likeness (QED) is 0.798. The Morgan fingerprint density at radius 3 is 2.75 bits per heavy atom. The van der Waals surface area contributed by atoms with Crippen molar-refractivity contribution in [2.75, 3.05) is 12.3 Å². The molecule has 1 amide bonds. The molecule has 5 nitrogen and oxygen atoms in total. The molecule has 0 aliphatic carbocycles. The third-order valence-corrected chi connectivity index (χ3v) is 3.20. The highest BCUT2D eigenvalue weighted by molar-refractivity contribution is 9.10. The molecular formula is C14H14BrN3O2. The van der Waals surface area contributed by atoms with Gasteiger partial charge in [0.25, 0.3) is 5.91 Å². The number of halogens is 1. The molecule has 0 spiro atoms. The molecule has 2 rings (SSSR count). The van der Waals surface area contributed by atoms with Crippen molar-refractivity contribution in [1.29, 1.82) is 0 Å². The molecule has 2 aromatic rings. The minimum Gasteiger partial charge on any atom is -0.508 e. The standard InChI is InChI=1S/C14H14BrN3O2/c15-10-7-12(13(16)18-8-10)14(20)17-6-5-9-1-3-11(19)4-2-9/h1-4,7-8,19H,5-6H2,(H2,16,18)(H,17,20). The van der Waals surface area contributed by atoms with Gasteiger partial charge in [0.1, 0.15) is 11.6 Å². The summed E-state index contributed by atoms with van der Waals surface area (Å²) in [5.41, 5.74) is 7.05. The van der Waals surface area contributed by atoms with Gasteiger partial charge >= 0.3 is 0 Å². The van der Waals surface area contributed by atoms with Crippen LogP contribution in [-0.4, -0.2) is 22.5 Å². The summed E-state index contributed by atoms with van der Waals surface area (Å²) in [6.45, 7) is 0.482. The van der Waals surface area contributed by atoms with Crippen molar-refractivity contribution in [3.05, 3.63) is 52.1 Å². The molecule has 0 unspecified atom stereocenters. The molecule has 1 aromatic carbocycles.